The summed E-state index contributed by atoms with van der Waals surface area (Å²) in [5, 5.41) is 11.9. The standard InChI is InChI=1S/C20H26N4O2/c1-13(2)26-15-5-6-18(21)17(11-15)20(22)14-7-8-23-19(10-14)24-12-16-4-3-9-25-16/h5-8,10-11,13,16,22H,3-4,9,12,21H2,1-2H3,(H,23,24). The van der Waals surface area contributed by atoms with Gasteiger partial charge in [0, 0.05) is 36.2 Å². The van der Waals surface area contributed by atoms with Crippen LogP contribution >= 0.6 is 0 Å². The fraction of sp³-hybridized carbons (Fsp3) is 0.400. The van der Waals surface area contributed by atoms with E-state index < -0.39 is 0 Å². The summed E-state index contributed by atoms with van der Waals surface area (Å²) in [5.74, 6) is 1.44. The molecule has 0 bridgehead atoms. The van der Waals surface area contributed by atoms with Crippen LogP contribution in [0.15, 0.2) is 36.5 Å². The van der Waals surface area contributed by atoms with Crippen molar-refractivity contribution in [1.82, 2.24) is 4.98 Å². The molecule has 1 aliphatic heterocycles. The average molecular weight is 354 g/mol. The lowest BCUT2D eigenvalue weighted by atomic mass is 10.0. The minimum absolute atomic E-state index is 0.0650. The van der Waals surface area contributed by atoms with E-state index in [4.69, 9.17) is 20.6 Å². The van der Waals surface area contributed by atoms with Crippen molar-refractivity contribution in [2.45, 2.75) is 38.9 Å². The molecule has 1 unspecified atom stereocenters. The first kappa shape index (κ1) is 18.2. The van der Waals surface area contributed by atoms with Crippen molar-refractivity contribution in [3.05, 3.63) is 47.7 Å². The normalized spacial score (nSPS) is 16.7. The van der Waals surface area contributed by atoms with Gasteiger partial charge in [-0.2, -0.15) is 0 Å². The molecule has 1 aromatic carbocycles. The summed E-state index contributed by atoms with van der Waals surface area (Å²) in [7, 11) is 0. The average Bonchev–Trinajstić information content (AvgIpc) is 3.14. The first-order valence-electron chi connectivity index (χ1n) is 9.00. The van der Waals surface area contributed by atoms with Crippen LogP contribution in [0, 0.1) is 5.41 Å². The number of hydrogen-bond acceptors (Lipinski definition) is 6. The number of rotatable bonds is 7. The smallest absolute Gasteiger partial charge is 0.126 e. The second-order valence-electron chi connectivity index (χ2n) is 6.74. The monoisotopic (exact) mass is 354 g/mol. The number of pyridine rings is 1. The van der Waals surface area contributed by atoms with Crippen molar-refractivity contribution >= 4 is 17.2 Å². The number of nitrogens with zero attached hydrogens (tertiary/aromatic N) is 1. The Balaban J connectivity index is 1.75. The largest absolute Gasteiger partial charge is 0.491 e. The van der Waals surface area contributed by atoms with Crippen LogP contribution in [0.2, 0.25) is 0 Å². The van der Waals surface area contributed by atoms with E-state index in [9.17, 15) is 0 Å². The third-order valence-electron chi connectivity index (χ3n) is 4.25. The van der Waals surface area contributed by atoms with Gasteiger partial charge >= 0.3 is 0 Å². The van der Waals surface area contributed by atoms with Crippen molar-refractivity contribution in [1.29, 1.82) is 5.41 Å². The highest BCUT2D eigenvalue weighted by atomic mass is 16.5. The van der Waals surface area contributed by atoms with Crippen molar-refractivity contribution in [2.24, 2.45) is 0 Å². The van der Waals surface area contributed by atoms with Crippen LogP contribution in [0.3, 0.4) is 0 Å². The number of nitrogen functional groups attached to an aromatic ring is 1. The van der Waals surface area contributed by atoms with Crippen LogP contribution in [0.1, 0.15) is 37.8 Å². The Morgan fingerprint density at radius 3 is 2.96 bits per heavy atom. The van der Waals surface area contributed by atoms with E-state index in [2.05, 4.69) is 10.3 Å². The maximum atomic E-state index is 8.57. The topological polar surface area (TPSA) is 93.3 Å². The van der Waals surface area contributed by atoms with E-state index in [1.807, 2.05) is 38.1 Å². The Kier molecular flexibility index (Phi) is 5.73. The molecule has 1 fully saturated rings. The summed E-state index contributed by atoms with van der Waals surface area (Å²) in [6.07, 6.45) is 4.18. The third-order valence-corrected chi connectivity index (χ3v) is 4.25. The molecule has 1 aliphatic rings. The lowest BCUT2D eigenvalue weighted by Crippen LogP contribution is -2.19. The fourth-order valence-corrected chi connectivity index (χ4v) is 2.96. The van der Waals surface area contributed by atoms with Crippen LogP contribution in [0.4, 0.5) is 11.5 Å². The Morgan fingerprint density at radius 2 is 2.23 bits per heavy atom. The molecule has 1 atom stereocenters. The maximum Gasteiger partial charge on any atom is 0.126 e. The lowest BCUT2D eigenvalue weighted by molar-refractivity contribution is 0.120. The molecule has 0 spiro atoms. The molecular weight excluding hydrogens is 328 g/mol. The van der Waals surface area contributed by atoms with Crippen LogP contribution in [0.25, 0.3) is 0 Å². The molecule has 138 valence electrons. The number of benzene rings is 1. The molecule has 6 heteroatoms. The Morgan fingerprint density at radius 1 is 1.38 bits per heavy atom. The molecule has 3 rings (SSSR count). The summed E-state index contributed by atoms with van der Waals surface area (Å²) in [6, 6.07) is 9.10. The molecule has 0 radical (unpaired) electrons. The van der Waals surface area contributed by atoms with E-state index in [0.717, 1.165) is 37.4 Å². The van der Waals surface area contributed by atoms with Gasteiger partial charge in [-0.25, -0.2) is 4.98 Å². The quantitative estimate of drug-likeness (QED) is 0.523. The summed E-state index contributed by atoms with van der Waals surface area (Å²) < 4.78 is 11.3. The number of ether oxygens (including phenoxy) is 2. The third kappa shape index (κ3) is 4.52. The zero-order valence-electron chi connectivity index (χ0n) is 15.3. The molecule has 0 aliphatic carbocycles. The number of nitrogens with two attached hydrogens (primary N) is 1. The van der Waals surface area contributed by atoms with E-state index in [1.54, 1.807) is 12.3 Å². The highest BCUT2D eigenvalue weighted by Crippen LogP contribution is 2.24. The van der Waals surface area contributed by atoms with E-state index in [-0.39, 0.29) is 12.2 Å². The molecular formula is C20H26N4O2. The Labute approximate surface area is 154 Å². The predicted octanol–water partition coefficient (Wildman–Crippen LogP) is 3.46. The van der Waals surface area contributed by atoms with Crippen molar-refractivity contribution < 1.29 is 9.47 Å². The molecule has 6 nitrogen and oxygen atoms in total. The lowest BCUT2D eigenvalue weighted by Gasteiger charge is -2.14. The number of nitrogens with one attached hydrogen (secondary N) is 2. The van der Waals surface area contributed by atoms with Crippen LogP contribution in [-0.4, -0.2) is 36.1 Å². The minimum atomic E-state index is 0.0650. The van der Waals surface area contributed by atoms with Gasteiger partial charge in [-0.05, 0) is 57.0 Å². The number of aromatic nitrogens is 1. The van der Waals surface area contributed by atoms with Gasteiger partial charge in [0.1, 0.15) is 11.6 Å². The van der Waals surface area contributed by atoms with Crippen molar-refractivity contribution in [3.63, 3.8) is 0 Å². The van der Waals surface area contributed by atoms with Crippen molar-refractivity contribution in [3.8, 4) is 5.75 Å². The highest BCUT2D eigenvalue weighted by Gasteiger charge is 2.16. The molecule has 0 saturated carbocycles. The molecule has 4 N–H and O–H groups in total. The zero-order valence-corrected chi connectivity index (χ0v) is 15.3. The fourth-order valence-electron chi connectivity index (χ4n) is 2.96. The van der Waals surface area contributed by atoms with Gasteiger partial charge in [-0.15, -0.1) is 0 Å². The maximum absolute atomic E-state index is 8.57. The summed E-state index contributed by atoms with van der Waals surface area (Å²) in [6.45, 7) is 5.49. The Bertz CT molecular complexity index is 770. The molecule has 2 heterocycles. The van der Waals surface area contributed by atoms with Gasteiger partial charge in [0.05, 0.1) is 17.9 Å². The second-order valence-corrected chi connectivity index (χ2v) is 6.74. The van der Waals surface area contributed by atoms with Gasteiger partial charge < -0.3 is 20.5 Å². The van der Waals surface area contributed by atoms with Crippen LogP contribution in [0.5, 0.6) is 5.75 Å². The van der Waals surface area contributed by atoms with Gasteiger partial charge in [0.25, 0.3) is 0 Å². The van der Waals surface area contributed by atoms with Crippen LogP contribution < -0.4 is 15.8 Å². The van der Waals surface area contributed by atoms with Gasteiger partial charge in [-0.3, -0.25) is 5.41 Å². The SMILES string of the molecule is CC(C)Oc1ccc(N)c(C(=N)c2ccnc(NCC3CCCO3)c2)c1. The van der Waals surface area contributed by atoms with Gasteiger partial charge in [0.15, 0.2) is 0 Å². The van der Waals surface area contributed by atoms with Gasteiger partial charge in [0.2, 0.25) is 0 Å². The van der Waals surface area contributed by atoms with Crippen LogP contribution in [-0.2, 0) is 4.74 Å². The molecule has 1 saturated heterocycles. The van der Waals surface area contributed by atoms with E-state index in [0.29, 0.717) is 22.7 Å². The second kappa shape index (κ2) is 8.19. The first-order chi connectivity index (χ1) is 12.5. The van der Waals surface area contributed by atoms with Gasteiger partial charge in [-0.1, -0.05) is 0 Å². The van der Waals surface area contributed by atoms with E-state index >= 15 is 0 Å². The highest BCUT2D eigenvalue weighted by molar-refractivity contribution is 6.14. The molecule has 0 amide bonds. The Hall–Kier alpha value is -2.60. The summed E-state index contributed by atoms with van der Waals surface area (Å²) >= 11 is 0. The van der Waals surface area contributed by atoms with Crippen molar-refractivity contribution in [2.75, 3.05) is 24.2 Å². The summed E-state index contributed by atoms with van der Waals surface area (Å²) in [5.41, 5.74) is 8.40. The minimum Gasteiger partial charge on any atom is -0.491 e. The summed E-state index contributed by atoms with van der Waals surface area (Å²) in [4.78, 5) is 4.34. The first-order valence-corrected chi connectivity index (χ1v) is 9.00. The number of anilines is 2. The molecule has 1 aromatic heterocycles. The molecule has 26 heavy (non-hydrogen) atoms. The molecule has 2 aromatic rings. The zero-order chi connectivity index (χ0) is 18.5. The predicted molar refractivity (Wildman–Crippen MR) is 104 cm³/mol. The number of hydrogen-bond donors (Lipinski definition) is 3. The van der Waals surface area contributed by atoms with E-state index in [1.165, 1.54) is 0 Å².